The zero-order chi connectivity index (χ0) is 17.8. The van der Waals surface area contributed by atoms with Crippen LogP contribution in [0.5, 0.6) is 0 Å². The Balaban J connectivity index is 2.41. The fraction of sp³-hybridized carbons (Fsp3) is 0.357. The van der Waals surface area contributed by atoms with Crippen LogP contribution in [-0.2, 0) is 25.4 Å². The minimum atomic E-state index is -0.769. The van der Waals surface area contributed by atoms with Gasteiger partial charge in [-0.15, -0.1) is 0 Å². The number of carbonyl (C=O) groups is 1. The molecule has 0 aliphatic carbocycles. The maximum absolute atomic E-state index is 12.6. The van der Waals surface area contributed by atoms with Gasteiger partial charge in [0.05, 0.1) is 5.69 Å². The van der Waals surface area contributed by atoms with Crippen LogP contribution in [0.1, 0.15) is 11.4 Å². The molecule has 0 saturated carbocycles. The van der Waals surface area contributed by atoms with E-state index in [1.807, 2.05) is 19.9 Å². The van der Waals surface area contributed by atoms with Crippen molar-refractivity contribution in [3.63, 3.8) is 0 Å². The van der Waals surface area contributed by atoms with E-state index in [2.05, 4.69) is 10.1 Å². The van der Waals surface area contributed by atoms with Crippen LogP contribution in [-0.4, -0.2) is 34.4 Å². The summed E-state index contributed by atoms with van der Waals surface area (Å²) in [6.45, 7) is 3.23. The van der Waals surface area contributed by atoms with Crippen LogP contribution in [0.25, 0.3) is 17.1 Å². The van der Waals surface area contributed by atoms with E-state index in [1.54, 1.807) is 16.3 Å². The number of hydrogen-bond acceptors (Lipinski definition) is 5. The molecule has 0 radical (unpaired) electrons. The molecule has 0 aliphatic rings. The topological polar surface area (TPSA) is 123 Å². The second kappa shape index (κ2) is 5.18. The van der Waals surface area contributed by atoms with Crippen molar-refractivity contribution in [2.45, 2.75) is 20.4 Å². The number of nitrogens with two attached hydrogens (primary N) is 1. The Morgan fingerprint density at radius 2 is 1.88 bits per heavy atom. The van der Waals surface area contributed by atoms with Gasteiger partial charge in [-0.05, 0) is 19.9 Å². The van der Waals surface area contributed by atoms with Gasteiger partial charge < -0.3 is 10.3 Å². The van der Waals surface area contributed by atoms with Crippen LogP contribution < -0.4 is 17.0 Å². The molecule has 0 aliphatic heterocycles. The SMILES string of the molecule is Cc1cc(C)n(-c2nc3c(c(=O)n(CC(N)=O)c(=O)n3C)n2C)n1. The third-order valence-electron chi connectivity index (χ3n) is 3.85. The number of carbonyl (C=O) groups excluding carboxylic acids is 1. The van der Waals surface area contributed by atoms with Gasteiger partial charge in [-0.25, -0.2) is 14.0 Å². The van der Waals surface area contributed by atoms with Gasteiger partial charge in [-0.2, -0.15) is 10.1 Å². The molecule has 10 heteroatoms. The summed E-state index contributed by atoms with van der Waals surface area (Å²) in [6, 6.07) is 1.88. The number of hydrogen-bond donors (Lipinski definition) is 1. The van der Waals surface area contributed by atoms with E-state index >= 15 is 0 Å². The highest BCUT2D eigenvalue weighted by Gasteiger charge is 2.21. The first-order valence-corrected chi connectivity index (χ1v) is 7.20. The van der Waals surface area contributed by atoms with Gasteiger partial charge in [-0.1, -0.05) is 0 Å². The Bertz CT molecular complexity index is 1100. The fourth-order valence-corrected chi connectivity index (χ4v) is 2.75. The molecule has 3 heterocycles. The number of nitrogens with zero attached hydrogens (tertiary/aromatic N) is 6. The van der Waals surface area contributed by atoms with Crippen LogP contribution >= 0.6 is 0 Å². The van der Waals surface area contributed by atoms with E-state index in [0.717, 1.165) is 16.0 Å². The van der Waals surface area contributed by atoms with Gasteiger partial charge in [0.25, 0.3) is 5.56 Å². The maximum Gasteiger partial charge on any atom is 0.332 e. The predicted molar refractivity (Wildman–Crippen MR) is 86.0 cm³/mol. The van der Waals surface area contributed by atoms with E-state index in [-0.39, 0.29) is 11.2 Å². The maximum atomic E-state index is 12.6. The average Bonchev–Trinajstić information content (AvgIpc) is 3.00. The lowest BCUT2D eigenvalue weighted by atomic mass is 10.4. The number of rotatable bonds is 3. The first kappa shape index (κ1) is 15.7. The highest BCUT2D eigenvalue weighted by molar-refractivity contribution is 5.75. The molecule has 3 aromatic heterocycles. The lowest BCUT2D eigenvalue weighted by Crippen LogP contribution is -2.42. The van der Waals surface area contributed by atoms with Crippen molar-refractivity contribution in [1.29, 1.82) is 0 Å². The van der Waals surface area contributed by atoms with Crippen molar-refractivity contribution in [2.75, 3.05) is 0 Å². The van der Waals surface area contributed by atoms with E-state index in [4.69, 9.17) is 5.73 Å². The molecule has 0 aromatic carbocycles. The minimum absolute atomic E-state index is 0.195. The highest BCUT2D eigenvalue weighted by Crippen LogP contribution is 2.15. The zero-order valence-electron chi connectivity index (χ0n) is 13.8. The summed E-state index contributed by atoms with van der Waals surface area (Å²) in [5, 5.41) is 4.35. The summed E-state index contributed by atoms with van der Waals surface area (Å²) in [6.07, 6.45) is 0. The lowest BCUT2D eigenvalue weighted by Gasteiger charge is -2.06. The van der Waals surface area contributed by atoms with Gasteiger partial charge in [0.1, 0.15) is 6.54 Å². The minimum Gasteiger partial charge on any atom is -0.368 e. The Kier molecular flexibility index (Phi) is 3.39. The molecule has 0 unspecified atom stereocenters. The summed E-state index contributed by atoms with van der Waals surface area (Å²) >= 11 is 0. The summed E-state index contributed by atoms with van der Waals surface area (Å²) in [5.74, 6) is -0.367. The predicted octanol–water partition coefficient (Wildman–Crippen LogP) is -1.28. The van der Waals surface area contributed by atoms with Crippen molar-refractivity contribution >= 4 is 17.1 Å². The number of imidazole rings is 1. The van der Waals surface area contributed by atoms with Crippen LogP contribution in [0.15, 0.2) is 15.7 Å². The quantitative estimate of drug-likeness (QED) is 0.640. The molecule has 10 nitrogen and oxygen atoms in total. The second-order valence-corrected chi connectivity index (χ2v) is 5.68. The van der Waals surface area contributed by atoms with Gasteiger partial charge in [0.2, 0.25) is 11.9 Å². The van der Waals surface area contributed by atoms with Crippen LogP contribution in [0.3, 0.4) is 0 Å². The molecule has 24 heavy (non-hydrogen) atoms. The zero-order valence-corrected chi connectivity index (χ0v) is 13.8. The average molecular weight is 331 g/mol. The molecule has 1 amide bonds. The Morgan fingerprint density at radius 1 is 1.21 bits per heavy atom. The van der Waals surface area contributed by atoms with Gasteiger partial charge in [-0.3, -0.25) is 14.2 Å². The molecule has 0 atom stereocenters. The molecule has 0 bridgehead atoms. The molecule has 0 saturated heterocycles. The van der Waals surface area contributed by atoms with Crippen molar-refractivity contribution in [1.82, 2.24) is 28.5 Å². The molecule has 0 fully saturated rings. The van der Waals surface area contributed by atoms with Gasteiger partial charge in [0, 0.05) is 19.8 Å². The largest absolute Gasteiger partial charge is 0.368 e. The second-order valence-electron chi connectivity index (χ2n) is 5.68. The first-order chi connectivity index (χ1) is 11.2. The monoisotopic (exact) mass is 331 g/mol. The van der Waals surface area contributed by atoms with Crippen LogP contribution in [0.2, 0.25) is 0 Å². The Morgan fingerprint density at radius 3 is 2.42 bits per heavy atom. The standard InChI is InChI=1S/C14H17N7O3/c1-7-5-8(2)21(17-7)13-16-11-10(18(13)3)12(23)20(6-9(15)22)14(24)19(11)4/h5H,6H2,1-4H3,(H2,15,22). The summed E-state index contributed by atoms with van der Waals surface area (Å²) in [4.78, 5) is 40.5. The summed E-state index contributed by atoms with van der Waals surface area (Å²) in [7, 11) is 3.14. The van der Waals surface area contributed by atoms with Crippen molar-refractivity contribution in [3.05, 3.63) is 38.3 Å². The molecule has 3 aromatic rings. The van der Waals surface area contributed by atoms with E-state index in [1.165, 1.54) is 11.6 Å². The van der Waals surface area contributed by atoms with E-state index < -0.39 is 23.7 Å². The number of aryl methyl sites for hydroxylation is 4. The third kappa shape index (κ3) is 2.14. The number of amides is 1. The molecular formula is C14H17N7O3. The van der Waals surface area contributed by atoms with Gasteiger partial charge >= 0.3 is 5.69 Å². The summed E-state index contributed by atoms with van der Waals surface area (Å²) < 4.78 is 5.16. The number of fused-ring (bicyclic) bond motifs is 1. The van der Waals surface area contributed by atoms with Crippen molar-refractivity contribution < 1.29 is 4.79 Å². The normalized spacial score (nSPS) is 11.3. The number of primary amides is 1. The van der Waals surface area contributed by atoms with Gasteiger partial charge in [0.15, 0.2) is 11.2 Å². The summed E-state index contributed by atoms with van der Waals surface area (Å²) in [5.41, 5.74) is 5.93. The van der Waals surface area contributed by atoms with Crippen molar-refractivity contribution in [3.8, 4) is 5.95 Å². The van der Waals surface area contributed by atoms with E-state index in [9.17, 15) is 14.4 Å². The Hall–Kier alpha value is -3.17. The van der Waals surface area contributed by atoms with Crippen LogP contribution in [0, 0.1) is 13.8 Å². The molecule has 3 rings (SSSR count). The molecular weight excluding hydrogens is 314 g/mol. The first-order valence-electron chi connectivity index (χ1n) is 7.20. The lowest BCUT2D eigenvalue weighted by molar-refractivity contribution is -0.118. The fourth-order valence-electron chi connectivity index (χ4n) is 2.75. The molecule has 2 N–H and O–H groups in total. The third-order valence-corrected chi connectivity index (χ3v) is 3.85. The van der Waals surface area contributed by atoms with Crippen molar-refractivity contribution in [2.24, 2.45) is 19.8 Å². The molecule has 0 spiro atoms. The molecule has 126 valence electrons. The van der Waals surface area contributed by atoms with Crippen LogP contribution in [0.4, 0.5) is 0 Å². The highest BCUT2D eigenvalue weighted by atomic mass is 16.2. The smallest absolute Gasteiger partial charge is 0.332 e. The number of aromatic nitrogens is 6. The Labute approximate surface area is 135 Å². The van der Waals surface area contributed by atoms with E-state index in [0.29, 0.717) is 5.95 Å².